The number of ether oxygens (including phenoxy) is 1. The van der Waals surface area contributed by atoms with Crippen molar-refractivity contribution in [3.8, 4) is 0 Å². The molecule has 2 aliphatic carbocycles. The third-order valence-corrected chi connectivity index (χ3v) is 9.15. The van der Waals surface area contributed by atoms with Gasteiger partial charge in [-0.1, -0.05) is 44.6 Å². The second-order valence-corrected chi connectivity index (χ2v) is 11.1. The number of allylic oxidation sites excluding steroid dienone is 1. The molecule has 3 fully saturated rings. The molecule has 35 heavy (non-hydrogen) atoms. The van der Waals surface area contributed by atoms with Crippen molar-refractivity contribution in [1.82, 2.24) is 4.90 Å². The van der Waals surface area contributed by atoms with Crippen molar-refractivity contribution < 1.29 is 24.2 Å². The molecule has 7 heteroatoms. The van der Waals surface area contributed by atoms with Crippen LogP contribution in [-0.4, -0.2) is 59.6 Å². The fourth-order valence-corrected chi connectivity index (χ4v) is 7.27. The molecule has 0 radical (unpaired) electrons. The van der Waals surface area contributed by atoms with Crippen LogP contribution in [0.15, 0.2) is 36.4 Å². The number of likely N-dealkylation sites (tertiary alicyclic amines) is 1. The molecule has 1 unspecified atom stereocenters. The molecule has 1 aromatic carbocycles. The van der Waals surface area contributed by atoms with Crippen LogP contribution in [-0.2, 0) is 14.3 Å². The van der Waals surface area contributed by atoms with E-state index in [-0.39, 0.29) is 41.5 Å². The SMILES string of the molecule is CCN1C[C@@]23CCC=CC[C@@]2(O)[C@](COC(=O)c2ccccc2N2C(=O)CC(C)C2=O)(CCC3)C1. The van der Waals surface area contributed by atoms with Crippen LogP contribution < -0.4 is 4.90 Å². The molecule has 188 valence electrons. The molecule has 1 N–H and O–H groups in total. The van der Waals surface area contributed by atoms with Gasteiger partial charge in [-0.2, -0.15) is 0 Å². The number of anilines is 1. The molecule has 2 saturated heterocycles. The van der Waals surface area contributed by atoms with E-state index in [9.17, 15) is 19.5 Å². The van der Waals surface area contributed by atoms with Crippen molar-refractivity contribution >= 4 is 23.5 Å². The number of benzene rings is 1. The average Bonchev–Trinajstić information content (AvgIpc) is 2.97. The van der Waals surface area contributed by atoms with E-state index in [1.165, 1.54) is 0 Å². The summed E-state index contributed by atoms with van der Waals surface area (Å²) in [6.45, 7) is 6.43. The van der Waals surface area contributed by atoms with Crippen LogP contribution in [0.2, 0.25) is 0 Å². The van der Waals surface area contributed by atoms with Crippen LogP contribution in [0.25, 0.3) is 0 Å². The first-order chi connectivity index (χ1) is 16.8. The monoisotopic (exact) mass is 480 g/mol. The number of hydrogen-bond acceptors (Lipinski definition) is 6. The highest BCUT2D eigenvalue weighted by Gasteiger charge is 2.67. The van der Waals surface area contributed by atoms with E-state index < -0.39 is 22.9 Å². The lowest BCUT2D eigenvalue weighted by molar-refractivity contribution is -0.254. The Labute approximate surface area is 207 Å². The van der Waals surface area contributed by atoms with Gasteiger partial charge in [0.1, 0.15) is 6.61 Å². The summed E-state index contributed by atoms with van der Waals surface area (Å²) in [6.07, 6.45) is 9.68. The summed E-state index contributed by atoms with van der Waals surface area (Å²) < 4.78 is 5.99. The molecular weight excluding hydrogens is 444 g/mol. The van der Waals surface area contributed by atoms with E-state index >= 15 is 0 Å². The Morgan fingerprint density at radius 1 is 1.14 bits per heavy atom. The van der Waals surface area contributed by atoms with Gasteiger partial charge in [0, 0.05) is 36.3 Å². The maximum Gasteiger partial charge on any atom is 0.340 e. The molecule has 2 amide bonds. The van der Waals surface area contributed by atoms with E-state index in [2.05, 4.69) is 24.0 Å². The molecule has 4 aliphatic rings. The van der Waals surface area contributed by atoms with Crippen molar-refractivity contribution in [3.63, 3.8) is 0 Å². The number of imide groups is 1. The number of piperidine rings is 1. The van der Waals surface area contributed by atoms with Gasteiger partial charge in [0.25, 0.3) is 0 Å². The van der Waals surface area contributed by atoms with Gasteiger partial charge in [-0.3, -0.25) is 9.59 Å². The molecular formula is C28H36N2O5. The van der Waals surface area contributed by atoms with Crippen molar-refractivity contribution in [3.05, 3.63) is 42.0 Å². The molecule has 4 atom stereocenters. The molecule has 2 bridgehead atoms. The predicted octanol–water partition coefficient (Wildman–Crippen LogP) is 3.71. The van der Waals surface area contributed by atoms with Gasteiger partial charge < -0.3 is 14.7 Å². The van der Waals surface area contributed by atoms with Gasteiger partial charge >= 0.3 is 5.97 Å². The third-order valence-electron chi connectivity index (χ3n) is 9.15. The summed E-state index contributed by atoms with van der Waals surface area (Å²) in [5.41, 5.74) is -1.22. The lowest BCUT2D eigenvalue weighted by Crippen LogP contribution is -2.73. The number of carbonyl (C=O) groups excluding carboxylic acids is 3. The number of hydrogen-bond donors (Lipinski definition) is 1. The topological polar surface area (TPSA) is 87.2 Å². The maximum atomic E-state index is 13.4. The van der Waals surface area contributed by atoms with Gasteiger partial charge in [-0.05, 0) is 50.8 Å². The lowest BCUT2D eigenvalue weighted by atomic mass is 9.47. The summed E-state index contributed by atoms with van der Waals surface area (Å²) in [4.78, 5) is 42.1. The molecule has 0 aromatic heterocycles. The zero-order chi connectivity index (χ0) is 24.8. The second kappa shape index (κ2) is 8.86. The largest absolute Gasteiger partial charge is 0.461 e. The smallest absolute Gasteiger partial charge is 0.340 e. The van der Waals surface area contributed by atoms with E-state index in [1.807, 2.05) is 0 Å². The van der Waals surface area contributed by atoms with Crippen molar-refractivity contribution in [2.45, 2.75) is 64.4 Å². The van der Waals surface area contributed by atoms with Crippen molar-refractivity contribution in [2.75, 3.05) is 31.1 Å². The van der Waals surface area contributed by atoms with Gasteiger partial charge in [-0.15, -0.1) is 0 Å². The quantitative estimate of drug-likeness (QED) is 0.393. The molecule has 1 saturated carbocycles. The van der Waals surface area contributed by atoms with Crippen LogP contribution in [0.4, 0.5) is 5.69 Å². The zero-order valence-electron chi connectivity index (χ0n) is 20.8. The van der Waals surface area contributed by atoms with E-state index in [4.69, 9.17) is 4.74 Å². The summed E-state index contributed by atoms with van der Waals surface area (Å²) in [7, 11) is 0. The molecule has 2 heterocycles. The van der Waals surface area contributed by atoms with E-state index in [1.54, 1.807) is 31.2 Å². The average molecular weight is 481 g/mol. The highest BCUT2D eigenvalue weighted by Crippen LogP contribution is 2.62. The Bertz CT molecular complexity index is 1070. The second-order valence-electron chi connectivity index (χ2n) is 11.1. The number of para-hydroxylation sites is 1. The normalized spacial score (nSPS) is 35.1. The molecule has 0 spiro atoms. The highest BCUT2D eigenvalue weighted by molar-refractivity contribution is 6.22. The molecule has 2 aliphatic heterocycles. The summed E-state index contributed by atoms with van der Waals surface area (Å²) >= 11 is 0. The third kappa shape index (κ3) is 3.66. The number of aliphatic hydroxyl groups is 1. The minimum absolute atomic E-state index is 0.112. The Hall–Kier alpha value is -2.51. The Morgan fingerprint density at radius 3 is 2.69 bits per heavy atom. The minimum Gasteiger partial charge on any atom is -0.461 e. The first-order valence-corrected chi connectivity index (χ1v) is 13.0. The van der Waals surface area contributed by atoms with Gasteiger partial charge in [0.2, 0.25) is 11.8 Å². The van der Waals surface area contributed by atoms with Gasteiger partial charge in [0.05, 0.1) is 16.9 Å². The van der Waals surface area contributed by atoms with Crippen molar-refractivity contribution in [1.29, 1.82) is 0 Å². The molecule has 1 aromatic rings. The predicted molar refractivity (Wildman–Crippen MR) is 132 cm³/mol. The standard InChI is InChI=1S/C28H36N2O5/c1-3-29-17-26-12-7-4-8-15-28(26,34)27(18-29,14-9-13-26)19-35-25(33)21-10-5-6-11-22(21)30-23(31)16-20(2)24(30)32/h4-6,8,10-11,20,34H,3,7,9,12-19H2,1-2H3/t20?,26-,27+,28-/m0/s1. The van der Waals surface area contributed by atoms with Gasteiger partial charge in [0.15, 0.2) is 0 Å². The summed E-state index contributed by atoms with van der Waals surface area (Å²) in [6, 6.07) is 6.65. The van der Waals surface area contributed by atoms with E-state index in [0.29, 0.717) is 13.0 Å². The first-order valence-electron chi connectivity index (χ1n) is 13.0. The first kappa shape index (κ1) is 24.2. The summed E-state index contributed by atoms with van der Waals surface area (Å²) in [5.74, 6) is -1.56. The molecule has 5 rings (SSSR count). The Kier molecular flexibility index (Phi) is 6.12. The fourth-order valence-electron chi connectivity index (χ4n) is 7.27. The Balaban J connectivity index is 1.44. The highest BCUT2D eigenvalue weighted by atomic mass is 16.5. The maximum absolute atomic E-state index is 13.4. The zero-order valence-corrected chi connectivity index (χ0v) is 20.8. The lowest BCUT2D eigenvalue weighted by Gasteiger charge is -2.66. The van der Waals surface area contributed by atoms with Crippen molar-refractivity contribution in [2.24, 2.45) is 16.7 Å². The van der Waals surface area contributed by atoms with Crippen LogP contribution in [0.1, 0.15) is 69.2 Å². The Morgan fingerprint density at radius 2 is 1.94 bits per heavy atom. The van der Waals surface area contributed by atoms with Crippen LogP contribution in [0.3, 0.4) is 0 Å². The number of amides is 2. The van der Waals surface area contributed by atoms with Crippen LogP contribution >= 0.6 is 0 Å². The molecule has 7 nitrogen and oxygen atoms in total. The number of esters is 1. The minimum atomic E-state index is -0.937. The van der Waals surface area contributed by atoms with E-state index in [0.717, 1.165) is 50.1 Å². The van der Waals surface area contributed by atoms with Gasteiger partial charge in [-0.25, -0.2) is 9.69 Å². The fraction of sp³-hybridized carbons (Fsp3) is 0.607. The van der Waals surface area contributed by atoms with Crippen LogP contribution in [0.5, 0.6) is 0 Å². The number of nitrogens with zero attached hydrogens (tertiary/aromatic N) is 2. The summed E-state index contributed by atoms with van der Waals surface area (Å²) in [5, 5.41) is 12.3. The number of rotatable bonds is 5. The number of carbonyl (C=O) groups is 3. The van der Waals surface area contributed by atoms with Crippen LogP contribution in [0, 0.1) is 16.7 Å².